The maximum absolute atomic E-state index is 11.9. The molecule has 0 atom stereocenters. The Morgan fingerprint density at radius 3 is 2.38 bits per heavy atom. The van der Waals surface area contributed by atoms with Crippen molar-refractivity contribution >= 4 is 5.91 Å². The molecule has 0 radical (unpaired) electrons. The van der Waals surface area contributed by atoms with E-state index in [1.54, 1.807) is 0 Å². The molecule has 0 heterocycles. The van der Waals surface area contributed by atoms with Gasteiger partial charge in [-0.3, -0.25) is 4.79 Å². The number of nitrogens with one attached hydrogen (secondary N) is 1. The number of carbonyl (C=O) groups excluding carboxylic acids is 1. The lowest BCUT2D eigenvalue weighted by atomic mass is 10.2. The van der Waals surface area contributed by atoms with Gasteiger partial charge in [-0.2, -0.15) is 13.2 Å². The van der Waals surface area contributed by atoms with E-state index in [9.17, 15) is 18.0 Å². The third-order valence-corrected chi connectivity index (χ3v) is 1.72. The highest BCUT2D eigenvalue weighted by molar-refractivity contribution is 5.88. The maximum Gasteiger partial charge on any atom is 0.412 e. The van der Waals surface area contributed by atoms with Crippen LogP contribution in [0.4, 0.5) is 13.2 Å². The van der Waals surface area contributed by atoms with Crippen LogP contribution in [0.5, 0.6) is 0 Å². The second-order valence-electron chi connectivity index (χ2n) is 3.11. The number of hydrogen-bond acceptors (Lipinski definition) is 1. The monoisotopic (exact) mass is 193 g/mol. The SMILES string of the molecule is CC(=CC(=O)NC1CC1)C(F)(F)F. The number of alkyl halides is 3. The Balaban J connectivity index is 2.47. The number of halogens is 3. The van der Waals surface area contributed by atoms with E-state index in [0.29, 0.717) is 6.08 Å². The molecular weight excluding hydrogens is 183 g/mol. The summed E-state index contributed by atoms with van der Waals surface area (Å²) in [5.74, 6) is -0.655. The van der Waals surface area contributed by atoms with Crippen LogP contribution in [0, 0.1) is 0 Å². The topological polar surface area (TPSA) is 29.1 Å². The average Bonchev–Trinajstić information content (AvgIpc) is 2.68. The van der Waals surface area contributed by atoms with Crippen LogP contribution in [0.15, 0.2) is 11.6 Å². The van der Waals surface area contributed by atoms with Crippen molar-refractivity contribution in [1.82, 2.24) is 5.32 Å². The van der Waals surface area contributed by atoms with Crippen molar-refractivity contribution in [2.24, 2.45) is 0 Å². The van der Waals surface area contributed by atoms with E-state index < -0.39 is 17.7 Å². The van der Waals surface area contributed by atoms with Gasteiger partial charge >= 0.3 is 6.18 Å². The van der Waals surface area contributed by atoms with E-state index in [1.807, 2.05) is 0 Å². The standard InChI is InChI=1S/C8H10F3NO/c1-5(8(9,10)11)4-7(13)12-6-2-3-6/h4,6H,2-3H2,1H3,(H,12,13). The van der Waals surface area contributed by atoms with Crippen molar-refractivity contribution < 1.29 is 18.0 Å². The Labute approximate surface area is 73.8 Å². The predicted molar refractivity (Wildman–Crippen MR) is 41.0 cm³/mol. The van der Waals surface area contributed by atoms with Gasteiger partial charge in [-0.05, 0) is 19.8 Å². The zero-order valence-electron chi connectivity index (χ0n) is 7.11. The first-order chi connectivity index (χ1) is 5.89. The molecule has 13 heavy (non-hydrogen) atoms. The second kappa shape index (κ2) is 3.40. The van der Waals surface area contributed by atoms with Gasteiger partial charge < -0.3 is 5.32 Å². The van der Waals surface area contributed by atoms with E-state index in [2.05, 4.69) is 5.32 Å². The molecule has 0 aromatic rings. The normalized spacial score (nSPS) is 18.6. The first-order valence-corrected chi connectivity index (χ1v) is 3.95. The molecule has 0 unspecified atom stereocenters. The molecule has 5 heteroatoms. The summed E-state index contributed by atoms with van der Waals surface area (Å²) in [6, 6.07) is 0.0878. The molecule has 1 aliphatic rings. The van der Waals surface area contributed by atoms with Crippen molar-refractivity contribution in [3.8, 4) is 0 Å². The van der Waals surface area contributed by atoms with Gasteiger partial charge in [0.25, 0.3) is 0 Å². The average molecular weight is 193 g/mol. The van der Waals surface area contributed by atoms with Gasteiger partial charge in [-0.1, -0.05) is 0 Å². The van der Waals surface area contributed by atoms with Crippen LogP contribution in [-0.4, -0.2) is 18.1 Å². The van der Waals surface area contributed by atoms with Crippen molar-refractivity contribution in [1.29, 1.82) is 0 Å². The van der Waals surface area contributed by atoms with Crippen molar-refractivity contribution in [2.45, 2.75) is 32.0 Å². The van der Waals surface area contributed by atoms with E-state index >= 15 is 0 Å². The lowest BCUT2D eigenvalue weighted by Crippen LogP contribution is -2.24. The number of carbonyl (C=O) groups is 1. The van der Waals surface area contributed by atoms with Gasteiger partial charge in [0.15, 0.2) is 0 Å². The molecule has 0 spiro atoms. The molecule has 1 amide bonds. The van der Waals surface area contributed by atoms with Crippen molar-refractivity contribution in [2.75, 3.05) is 0 Å². The van der Waals surface area contributed by atoms with Gasteiger partial charge in [-0.25, -0.2) is 0 Å². The summed E-state index contributed by atoms with van der Waals surface area (Å²) < 4.78 is 35.7. The molecule has 0 aliphatic heterocycles. The van der Waals surface area contributed by atoms with E-state index in [4.69, 9.17) is 0 Å². The highest BCUT2D eigenvalue weighted by Gasteiger charge is 2.31. The van der Waals surface area contributed by atoms with Gasteiger partial charge in [0, 0.05) is 17.7 Å². The first kappa shape index (κ1) is 10.1. The van der Waals surface area contributed by atoms with Crippen LogP contribution in [0.2, 0.25) is 0 Å². The van der Waals surface area contributed by atoms with Crippen LogP contribution in [0.1, 0.15) is 19.8 Å². The molecule has 1 N–H and O–H groups in total. The Hall–Kier alpha value is -1.00. The Kier molecular flexibility index (Phi) is 2.63. The highest BCUT2D eigenvalue weighted by atomic mass is 19.4. The third-order valence-electron chi connectivity index (χ3n) is 1.72. The largest absolute Gasteiger partial charge is 0.412 e. The molecule has 0 bridgehead atoms. The minimum Gasteiger partial charge on any atom is -0.350 e. The molecule has 0 saturated heterocycles. The number of hydrogen-bond donors (Lipinski definition) is 1. The second-order valence-corrected chi connectivity index (χ2v) is 3.11. The molecule has 1 aliphatic carbocycles. The first-order valence-electron chi connectivity index (χ1n) is 3.95. The van der Waals surface area contributed by atoms with Crippen LogP contribution in [-0.2, 0) is 4.79 Å². The lowest BCUT2D eigenvalue weighted by molar-refractivity contribution is -0.118. The maximum atomic E-state index is 11.9. The summed E-state index contributed by atoms with van der Waals surface area (Å²) in [4.78, 5) is 10.9. The lowest BCUT2D eigenvalue weighted by Gasteiger charge is -2.05. The molecule has 0 aromatic heterocycles. The van der Waals surface area contributed by atoms with E-state index in [0.717, 1.165) is 19.8 Å². The fourth-order valence-corrected chi connectivity index (χ4v) is 0.749. The van der Waals surface area contributed by atoms with Crippen molar-refractivity contribution in [3.05, 3.63) is 11.6 Å². The summed E-state index contributed by atoms with van der Waals surface area (Å²) in [7, 11) is 0. The fraction of sp³-hybridized carbons (Fsp3) is 0.625. The minimum atomic E-state index is -4.40. The van der Waals surface area contributed by atoms with Crippen molar-refractivity contribution in [3.63, 3.8) is 0 Å². The van der Waals surface area contributed by atoms with Crippen LogP contribution >= 0.6 is 0 Å². The van der Waals surface area contributed by atoms with Crippen LogP contribution in [0.25, 0.3) is 0 Å². The Morgan fingerprint density at radius 1 is 1.46 bits per heavy atom. The summed E-state index contributed by atoms with van der Waals surface area (Å²) >= 11 is 0. The molecular formula is C8H10F3NO. The molecule has 1 rings (SSSR count). The van der Waals surface area contributed by atoms with E-state index in [-0.39, 0.29) is 6.04 Å². The zero-order valence-corrected chi connectivity index (χ0v) is 7.11. The van der Waals surface area contributed by atoms with E-state index in [1.165, 1.54) is 0 Å². The molecule has 74 valence electrons. The van der Waals surface area contributed by atoms with Crippen LogP contribution in [0.3, 0.4) is 0 Å². The molecule has 0 aromatic carbocycles. The number of rotatable bonds is 2. The molecule has 1 fully saturated rings. The molecule has 2 nitrogen and oxygen atoms in total. The predicted octanol–water partition coefficient (Wildman–Crippen LogP) is 1.77. The smallest absolute Gasteiger partial charge is 0.350 e. The van der Waals surface area contributed by atoms with Gasteiger partial charge in [-0.15, -0.1) is 0 Å². The Morgan fingerprint density at radius 2 is 2.00 bits per heavy atom. The third kappa shape index (κ3) is 3.48. The number of allylic oxidation sites excluding steroid dienone is 1. The van der Waals surface area contributed by atoms with Gasteiger partial charge in [0.2, 0.25) is 5.91 Å². The number of amides is 1. The van der Waals surface area contributed by atoms with Gasteiger partial charge in [0.05, 0.1) is 0 Å². The Bertz CT molecular complexity index is 240. The minimum absolute atomic E-state index is 0.0878. The summed E-state index contributed by atoms with van der Waals surface area (Å²) in [6.07, 6.45) is -2.07. The van der Waals surface area contributed by atoms with Crippen LogP contribution < -0.4 is 5.32 Å². The van der Waals surface area contributed by atoms with Gasteiger partial charge in [0.1, 0.15) is 0 Å². The summed E-state index contributed by atoms with van der Waals surface area (Å²) in [5, 5.41) is 2.44. The zero-order chi connectivity index (χ0) is 10.1. The fourth-order valence-electron chi connectivity index (χ4n) is 0.749. The summed E-state index contributed by atoms with van der Waals surface area (Å²) in [5.41, 5.74) is -0.870. The highest BCUT2D eigenvalue weighted by Crippen LogP contribution is 2.25. The quantitative estimate of drug-likeness (QED) is 0.665. The summed E-state index contributed by atoms with van der Waals surface area (Å²) in [6.45, 7) is 0.881. The molecule has 1 saturated carbocycles.